The number of hydrogen-bond donors (Lipinski definition) is 1. The van der Waals surface area contributed by atoms with Crippen molar-refractivity contribution in [1.29, 1.82) is 0 Å². The van der Waals surface area contributed by atoms with Gasteiger partial charge in [-0.1, -0.05) is 18.2 Å². The molecule has 0 unspecified atom stereocenters. The van der Waals surface area contributed by atoms with E-state index in [2.05, 4.69) is 5.32 Å². The molecular weight excluding hydrogens is 292 g/mol. The number of nitrogens with one attached hydrogen (secondary N) is 1. The molecule has 0 aliphatic heterocycles. The molecule has 0 aliphatic rings. The molecule has 0 radical (unpaired) electrons. The van der Waals surface area contributed by atoms with Crippen LogP contribution in [0.1, 0.15) is 10.4 Å². The zero-order valence-electron chi connectivity index (χ0n) is 12.9. The Morgan fingerprint density at radius 3 is 2.48 bits per heavy atom. The van der Waals surface area contributed by atoms with Gasteiger partial charge in [0, 0.05) is 24.2 Å². The topological polar surface area (TPSA) is 60.3 Å². The first kappa shape index (κ1) is 14.8. The Kier molecular flexibility index (Phi) is 3.85. The maximum Gasteiger partial charge on any atom is 0.256 e. The number of aromatic nitrogens is 1. The predicted octanol–water partition coefficient (Wildman–Crippen LogP) is 2.80. The Bertz CT molecular complexity index is 927. The number of hydrogen-bond acceptors (Lipinski definition) is 3. The second-order valence-corrected chi connectivity index (χ2v) is 5.16. The normalized spacial score (nSPS) is 10.5. The fourth-order valence-electron chi connectivity index (χ4n) is 2.47. The zero-order valence-corrected chi connectivity index (χ0v) is 12.9. The lowest BCUT2D eigenvalue weighted by Crippen LogP contribution is -2.21. The molecule has 2 aromatic carbocycles. The van der Waals surface area contributed by atoms with Crippen LogP contribution in [0.5, 0.6) is 5.75 Å². The summed E-state index contributed by atoms with van der Waals surface area (Å²) < 4.78 is 6.62. The van der Waals surface area contributed by atoms with Gasteiger partial charge in [0.05, 0.1) is 18.2 Å². The summed E-state index contributed by atoms with van der Waals surface area (Å²) in [7, 11) is 3.27. The number of benzene rings is 2. The summed E-state index contributed by atoms with van der Waals surface area (Å²) in [5.74, 6) is 0.395. The lowest BCUT2D eigenvalue weighted by Gasteiger charge is -2.11. The molecule has 0 spiro atoms. The molecule has 0 saturated heterocycles. The first-order valence-electron chi connectivity index (χ1n) is 7.14. The molecule has 0 fully saturated rings. The largest absolute Gasteiger partial charge is 0.497 e. The number of rotatable bonds is 3. The summed E-state index contributed by atoms with van der Waals surface area (Å²) in [5, 5.41) is 3.54. The van der Waals surface area contributed by atoms with Gasteiger partial charge in [0.15, 0.2) is 0 Å². The van der Waals surface area contributed by atoms with Gasteiger partial charge < -0.3 is 14.6 Å². The standard InChI is InChI=1S/C18H16N2O3/c1-20-16-6-4-3-5-14(16)15(11-17(20)21)18(22)19-12-7-9-13(23-2)10-8-12/h3-11H,1-2H3,(H,19,22). The van der Waals surface area contributed by atoms with Gasteiger partial charge in [0.2, 0.25) is 0 Å². The van der Waals surface area contributed by atoms with Crippen LogP contribution in [0.3, 0.4) is 0 Å². The van der Waals surface area contributed by atoms with Crippen molar-refractivity contribution in [2.24, 2.45) is 7.05 Å². The van der Waals surface area contributed by atoms with Crippen molar-refractivity contribution in [3.8, 4) is 5.75 Å². The number of methoxy groups -OCH3 is 1. The Balaban J connectivity index is 2.00. The van der Waals surface area contributed by atoms with Crippen molar-refractivity contribution < 1.29 is 9.53 Å². The van der Waals surface area contributed by atoms with Crippen LogP contribution in [0.4, 0.5) is 5.69 Å². The van der Waals surface area contributed by atoms with E-state index in [0.717, 1.165) is 10.9 Å². The summed E-state index contributed by atoms with van der Waals surface area (Å²) >= 11 is 0. The van der Waals surface area contributed by atoms with Gasteiger partial charge >= 0.3 is 0 Å². The van der Waals surface area contributed by atoms with E-state index in [1.165, 1.54) is 10.6 Å². The number of para-hydroxylation sites is 1. The Morgan fingerprint density at radius 2 is 1.78 bits per heavy atom. The molecular formula is C18H16N2O3. The molecule has 0 bridgehead atoms. The first-order valence-corrected chi connectivity index (χ1v) is 7.14. The molecule has 5 heteroatoms. The van der Waals surface area contributed by atoms with Gasteiger partial charge in [-0.25, -0.2) is 0 Å². The molecule has 5 nitrogen and oxygen atoms in total. The van der Waals surface area contributed by atoms with Crippen molar-refractivity contribution >= 4 is 22.5 Å². The van der Waals surface area contributed by atoms with Gasteiger partial charge in [-0.15, -0.1) is 0 Å². The van der Waals surface area contributed by atoms with Crippen LogP contribution < -0.4 is 15.6 Å². The van der Waals surface area contributed by atoms with Crippen LogP contribution in [0, 0.1) is 0 Å². The highest BCUT2D eigenvalue weighted by molar-refractivity contribution is 6.12. The first-order chi connectivity index (χ1) is 11.1. The van der Waals surface area contributed by atoms with E-state index < -0.39 is 0 Å². The minimum atomic E-state index is -0.316. The van der Waals surface area contributed by atoms with E-state index in [1.54, 1.807) is 38.4 Å². The average Bonchev–Trinajstić information content (AvgIpc) is 2.58. The number of amides is 1. The smallest absolute Gasteiger partial charge is 0.256 e. The van der Waals surface area contributed by atoms with E-state index in [4.69, 9.17) is 4.74 Å². The van der Waals surface area contributed by atoms with Gasteiger partial charge in [0.1, 0.15) is 5.75 Å². The van der Waals surface area contributed by atoms with Crippen molar-refractivity contribution in [2.75, 3.05) is 12.4 Å². The van der Waals surface area contributed by atoms with Crippen LogP contribution in [0.2, 0.25) is 0 Å². The van der Waals surface area contributed by atoms with Crippen molar-refractivity contribution in [3.63, 3.8) is 0 Å². The minimum Gasteiger partial charge on any atom is -0.497 e. The van der Waals surface area contributed by atoms with Crippen LogP contribution in [-0.2, 0) is 7.05 Å². The minimum absolute atomic E-state index is 0.219. The van der Waals surface area contributed by atoms with Crippen LogP contribution >= 0.6 is 0 Å². The van der Waals surface area contributed by atoms with Crippen molar-refractivity contribution in [2.45, 2.75) is 0 Å². The van der Waals surface area contributed by atoms with E-state index in [0.29, 0.717) is 17.0 Å². The van der Waals surface area contributed by atoms with E-state index in [9.17, 15) is 9.59 Å². The quantitative estimate of drug-likeness (QED) is 0.809. The molecule has 0 atom stereocenters. The van der Waals surface area contributed by atoms with Crippen molar-refractivity contribution in [1.82, 2.24) is 4.57 Å². The number of ether oxygens (including phenoxy) is 1. The molecule has 23 heavy (non-hydrogen) atoms. The second-order valence-electron chi connectivity index (χ2n) is 5.16. The molecule has 1 aromatic heterocycles. The summed E-state index contributed by atoms with van der Waals surface area (Å²) in [5.41, 5.74) is 1.50. The second kappa shape index (κ2) is 5.96. The molecule has 1 heterocycles. The van der Waals surface area contributed by atoms with E-state index >= 15 is 0 Å². The monoisotopic (exact) mass is 308 g/mol. The molecule has 116 valence electrons. The lowest BCUT2D eigenvalue weighted by molar-refractivity contribution is 0.102. The predicted molar refractivity (Wildman–Crippen MR) is 90.1 cm³/mol. The molecule has 1 N–H and O–H groups in total. The maximum absolute atomic E-state index is 12.6. The zero-order chi connectivity index (χ0) is 16.4. The Hall–Kier alpha value is -3.08. The summed E-state index contributed by atoms with van der Waals surface area (Å²) in [4.78, 5) is 24.6. The van der Waals surface area contributed by atoms with Gasteiger partial charge in [-0.2, -0.15) is 0 Å². The number of nitrogens with zero attached hydrogens (tertiary/aromatic N) is 1. The summed E-state index contributed by atoms with van der Waals surface area (Å²) in [6, 6.07) is 15.7. The molecule has 3 aromatic rings. The van der Waals surface area contributed by atoms with Gasteiger partial charge in [-0.3, -0.25) is 9.59 Å². The molecule has 3 rings (SSSR count). The van der Waals surface area contributed by atoms with Crippen LogP contribution in [0.25, 0.3) is 10.9 Å². The van der Waals surface area contributed by atoms with Crippen LogP contribution in [-0.4, -0.2) is 17.6 Å². The third kappa shape index (κ3) is 2.81. The Labute approximate surface area is 133 Å². The number of fused-ring (bicyclic) bond motifs is 1. The maximum atomic E-state index is 12.6. The molecule has 1 amide bonds. The number of carbonyl (C=O) groups is 1. The third-order valence-electron chi connectivity index (χ3n) is 3.75. The SMILES string of the molecule is COc1ccc(NC(=O)c2cc(=O)n(C)c3ccccc23)cc1. The highest BCUT2D eigenvalue weighted by atomic mass is 16.5. The van der Waals surface area contributed by atoms with Crippen molar-refractivity contribution in [3.05, 3.63) is 70.5 Å². The highest BCUT2D eigenvalue weighted by Crippen LogP contribution is 2.19. The summed E-state index contributed by atoms with van der Waals surface area (Å²) in [6.45, 7) is 0. The van der Waals surface area contributed by atoms with Gasteiger partial charge in [0.25, 0.3) is 11.5 Å². The Morgan fingerprint density at radius 1 is 1.09 bits per heavy atom. The van der Waals surface area contributed by atoms with Gasteiger partial charge in [-0.05, 0) is 30.3 Å². The lowest BCUT2D eigenvalue weighted by atomic mass is 10.1. The fraction of sp³-hybridized carbons (Fsp3) is 0.111. The molecule has 0 saturated carbocycles. The molecule has 0 aliphatic carbocycles. The average molecular weight is 308 g/mol. The number of aryl methyl sites for hydroxylation is 1. The van der Waals surface area contributed by atoms with Crippen LogP contribution in [0.15, 0.2) is 59.4 Å². The number of anilines is 1. The summed E-state index contributed by atoms with van der Waals surface area (Å²) in [6.07, 6.45) is 0. The third-order valence-corrected chi connectivity index (χ3v) is 3.75. The van der Waals surface area contributed by atoms with E-state index in [1.807, 2.05) is 24.3 Å². The fourth-order valence-corrected chi connectivity index (χ4v) is 2.47. The highest BCUT2D eigenvalue weighted by Gasteiger charge is 2.13. The number of pyridine rings is 1. The number of carbonyl (C=O) groups excluding carboxylic acids is 1. The van der Waals surface area contributed by atoms with E-state index in [-0.39, 0.29) is 11.5 Å².